The van der Waals surface area contributed by atoms with Gasteiger partial charge in [-0.05, 0) is 30.5 Å². The highest BCUT2D eigenvalue weighted by molar-refractivity contribution is 8.10. The predicted molar refractivity (Wildman–Crippen MR) is 117 cm³/mol. The summed E-state index contributed by atoms with van der Waals surface area (Å²) in [7, 11) is 0. The van der Waals surface area contributed by atoms with E-state index in [0.717, 1.165) is 17.4 Å². The summed E-state index contributed by atoms with van der Waals surface area (Å²) in [5, 5.41) is 1.55. The first-order valence-corrected chi connectivity index (χ1v) is 10.5. The summed E-state index contributed by atoms with van der Waals surface area (Å²) in [5.41, 5.74) is -0.611. The lowest BCUT2D eigenvalue weighted by Crippen LogP contribution is -2.17. The van der Waals surface area contributed by atoms with Crippen LogP contribution in [-0.4, -0.2) is 14.5 Å². The molecule has 0 aliphatic rings. The van der Waals surface area contributed by atoms with Crippen LogP contribution in [0.2, 0.25) is 0 Å². The topological polar surface area (TPSA) is 47.8 Å². The highest BCUT2D eigenvalue weighted by Crippen LogP contribution is 2.42. The average Bonchev–Trinajstić information content (AvgIpc) is 3.11. The van der Waals surface area contributed by atoms with Gasteiger partial charge in [-0.2, -0.15) is 13.2 Å². The number of aromatic nitrogens is 3. The van der Waals surface area contributed by atoms with E-state index in [-0.39, 0.29) is 26.1 Å². The molecular formula is C21H14F3N3OS2. The molecule has 3 aromatic heterocycles. The van der Waals surface area contributed by atoms with Crippen LogP contribution in [-0.2, 0) is 6.18 Å². The predicted octanol–water partition coefficient (Wildman–Crippen LogP) is 6.25. The second-order valence-corrected chi connectivity index (χ2v) is 8.28. The molecule has 0 fully saturated rings. The van der Waals surface area contributed by atoms with Gasteiger partial charge in [0.2, 0.25) is 0 Å². The van der Waals surface area contributed by atoms with Crippen molar-refractivity contribution in [2.24, 2.45) is 0 Å². The molecular weight excluding hydrogens is 431 g/mol. The minimum atomic E-state index is -4.63. The number of hydrogen-bond acceptors (Lipinski definition) is 5. The van der Waals surface area contributed by atoms with E-state index in [2.05, 4.69) is 16.5 Å². The van der Waals surface area contributed by atoms with Crippen LogP contribution in [0.4, 0.5) is 13.2 Å². The van der Waals surface area contributed by atoms with Gasteiger partial charge in [0.15, 0.2) is 0 Å². The lowest BCUT2D eigenvalue weighted by Gasteiger charge is -2.11. The van der Waals surface area contributed by atoms with Crippen molar-refractivity contribution in [2.45, 2.75) is 13.1 Å². The molecule has 0 saturated carbocycles. The molecule has 4 aromatic rings. The molecule has 0 aliphatic heterocycles. The Kier molecular flexibility index (Phi) is 5.25. The number of thiophene rings is 1. The van der Waals surface area contributed by atoms with Crippen molar-refractivity contribution < 1.29 is 13.2 Å². The van der Waals surface area contributed by atoms with E-state index in [4.69, 9.17) is 0 Å². The van der Waals surface area contributed by atoms with Gasteiger partial charge in [0, 0.05) is 4.91 Å². The Labute approximate surface area is 177 Å². The summed E-state index contributed by atoms with van der Waals surface area (Å²) in [4.78, 5) is 22.1. The van der Waals surface area contributed by atoms with Crippen LogP contribution < -0.4 is 5.56 Å². The number of benzene rings is 1. The molecule has 9 heteroatoms. The van der Waals surface area contributed by atoms with Crippen LogP contribution in [0.1, 0.15) is 18.2 Å². The van der Waals surface area contributed by atoms with E-state index in [1.807, 2.05) is 0 Å². The van der Waals surface area contributed by atoms with Gasteiger partial charge in [-0.1, -0.05) is 42.6 Å². The lowest BCUT2D eigenvalue weighted by atomic mass is 10.1. The zero-order valence-corrected chi connectivity index (χ0v) is 17.2. The Bertz CT molecular complexity index is 1360. The first kappa shape index (κ1) is 20.4. The van der Waals surface area contributed by atoms with Crippen molar-refractivity contribution in [2.75, 3.05) is 0 Å². The van der Waals surface area contributed by atoms with E-state index in [0.29, 0.717) is 10.6 Å². The molecule has 4 nitrogen and oxygen atoms in total. The highest BCUT2D eigenvalue weighted by Gasteiger charge is 2.35. The van der Waals surface area contributed by atoms with Gasteiger partial charge in [0.25, 0.3) is 5.56 Å². The van der Waals surface area contributed by atoms with Crippen LogP contribution in [0.5, 0.6) is 0 Å². The third-order valence-electron chi connectivity index (χ3n) is 4.32. The second kappa shape index (κ2) is 7.73. The van der Waals surface area contributed by atoms with Crippen LogP contribution >= 0.6 is 23.1 Å². The van der Waals surface area contributed by atoms with E-state index >= 15 is 0 Å². The Morgan fingerprint density at radius 2 is 2.00 bits per heavy atom. The number of alkyl halides is 3. The Hall–Kier alpha value is -2.91. The summed E-state index contributed by atoms with van der Waals surface area (Å²) in [5.74, 6) is 0. The van der Waals surface area contributed by atoms with Crippen LogP contribution in [0.25, 0.3) is 31.0 Å². The number of allylic oxidation sites excluding steroid dienone is 1. The first-order valence-electron chi connectivity index (χ1n) is 8.76. The van der Waals surface area contributed by atoms with Crippen molar-refractivity contribution in [3.05, 3.63) is 82.4 Å². The van der Waals surface area contributed by atoms with Gasteiger partial charge in [-0.3, -0.25) is 9.36 Å². The fourth-order valence-electron chi connectivity index (χ4n) is 2.98. The lowest BCUT2D eigenvalue weighted by molar-refractivity contribution is -0.136. The molecule has 0 unspecified atom stereocenters. The second-order valence-electron chi connectivity index (χ2n) is 6.28. The maximum atomic E-state index is 13.9. The molecule has 0 amide bonds. The molecule has 0 atom stereocenters. The molecule has 0 radical (unpaired) electrons. The molecule has 1 aromatic carbocycles. The van der Waals surface area contributed by atoms with Gasteiger partial charge in [0.1, 0.15) is 15.9 Å². The monoisotopic (exact) mass is 445 g/mol. The minimum Gasteiger partial charge on any atom is -0.267 e. The average molecular weight is 445 g/mol. The molecule has 3 heterocycles. The summed E-state index contributed by atoms with van der Waals surface area (Å²) in [6.45, 7) is 5.62. The maximum absolute atomic E-state index is 13.9. The molecule has 152 valence electrons. The Morgan fingerprint density at radius 3 is 2.67 bits per heavy atom. The maximum Gasteiger partial charge on any atom is 0.417 e. The zero-order valence-electron chi connectivity index (χ0n) is 15.6. The van der Waals surface area contributed by atoms with Crippen molar-refractivity contribution in [1.29, 1.82) is 0 Å². The van der Waals surface area contributed by atoms with Gasteiger partial charge in [0.05, 0.1) is 27.8 Å². The van der Waals surface area contributed by atoms with Crippen molar-refractivity contribution in [1.82, 2.24) is 14.5 Å². The molecule has 4 rings (SSSR count). The van der Waals surface area contributed by atoms with Gasteiger partial charge >= 0.3 is 6.18 Å². The summed E-state index contributed by atoms with van der Waals surface area (Å²) in [6, 6.07) is 9.75. The molecule has 0 saturated heterocycles. The number of thioether (sulfide) groups is 1. The molecule has 0 bridgehead atoms. The number of hydrogen-bond donors (Lipinski definition) is 0. The number of fused-ring (bicyclic) bond motifs is 3. The molecule has 0 spiro atoms. The number of pyridine rings is 1. The third kappa shape index (κ3) is 3.54. The summed E-state index contributed by atoms with van der Waals surface area (Å²) < 4.78 is 43.1. The Morgan fingerprint density at radius 1 is 1.27 bits per heavy atom. The standard InChI is InChI=1S/C21H14F3N3OS2/c1-3-9-29-12(2)15-10-14(21(22,23)24)16-17-18(30-19(16)26-15)20(28)27(11-25-17)13-7-5-4-6-8-13/h3-11H,2H2,1H3/b9-3-. The number of rotatable bonds is 4. The smallest absolute Gasteiger partial charge is 0.267 e. The summed E-state index contributed by atoms with van der Waals surface area (Å²) >= 11 is 2.09. The first-order chi connectivity index (χ1) is 14.3. The van der Waals surface area contributed by atoms with E-state index in [1.165, 1.54) is 22.7 Å². The zero-order chi connectivity index (χ0) is 21.5. The van der Waals surface area contributed by atoms with Gasteiger partial charge < -0.3 is 0 Å². The largest absolute Gasteiger partial charge is 0.417 e. The SMILES string of the molecule is C=C(S/C=C\C)c1cc(C(F)(F)F)c2c(n1)sc1c(=O)n(-c3ccccc3)cnc12. The fraction of sp³-hybridized carbons (Fsp3) is 0.0952. The molecule has 0 aliphatic carbocycles. The molecule has 0 N–H and O–H groups in total. The van der Waals surface area contributed by atoms with Crippen LogP contribution in [0.3, 0.4) is 0 Å². The number of para-hydroxylation sites is 1. The number of halogens is 3. The van der Waals surface area contributed by atoms with Crippen LogP contribution in [0, 0.1) is 0 Å². The van der Waals surface area contributed by atoms with Crippen molar-refractivity contribution in [3.8, 4) is 5.69 Å². The number of nitrogens with zero attached hydrogens (tertiary/aromatic N) is 3. The minimum absolute atomic E-state index is 0.00488. The fourth-order valence-corrected chi connectivity index (χ4v) is 4.59. The van der Waals surface area contributed by atoms with Crippen LogP contribution in [0.15, 0.2) is 65.6 Å². The third-order valence-corrected chi connectivity index (χ3v) is 6.29. The molecule has 30 heavy (non-hydrogen) atoms. The van der Waals surface area contributed by atoms with Gasteiger partial charge in [-0.25, -0.2) is 9.97 Å². The normalized spacial score (nSPS) is 12.3. The Balaban J connectivity index is 2.02. The van der Waals surface area contributed by atoms with E-state index < -0.39 is 17.3 Å². The van der Waals surface area contributed by atoms with E-state index in [9.17, 15) is 18.0 Å². The van der Waals surface area contributed by atoms with Crippen molar-refractivity contribution in [3.63, 3.8) is 0 Å². The van der Waals surface area contributed by atoms with Crippen molar-refractivity contribution >= 4 is 48.4 Å². The summed E-state index contributed by atoms with van der Waals surface area (Å²) in [6.07, 6.45) is -1.62. The van der Waals surface area contributed by atoms with E-state index in [1.54, 1.807) is 48.7 Å². The highest BCUT2D eigenvalue weighted by atomic mass is 32.2. The van der Waals surface area contributed by atoms with Gasteiger partial charge in [-0.15, -0.1) is 11.3 Å². The quantitative estimate of drug-likeness (QED) is 0.372.